The smallest absolute Gasteiger partial charge is 0.0829 e. The van der Waals surface area contributed by atoms with E-state index in [9.17, 15) is 0 Å². The molecule has 2 rings (SSSR count). The number of nitrogens with zero attached hydrogens (tertiary/aromatic N) is 2. The fourth-order valence-electron chi connectivity index (χ4n) is 2.79. The van der Waals surface area contributed by atoms with Crippen LogP contribution in [0.3, 0.4) is 0 Å². The minimum absolute atomic E-state index is 0.399. The molecule has 0 amide bonds. The van der Waals surface area contributed by atoms with Crippen LogP contribution in [-0.2, 0) is 4.74 Å². The molecular formula is C13H27N3O. The molecule has 1 unspecified atom stereocenters. The summed E-state index contributed by atoms with van der Waals surface area (Å²) in [5, 5.41) is 3.48. The lowest BCUT2D eigenvalue weighted by Gasteiger charge is -2.39. The summed E-state index contributed by atoms with van der Waals surface area (Å²) in [7, 11) is 0. The van der Waals surface area contributed by atoms with Crippen LogP contribution in [0.2, 0.25) is 0 Å². The average molecular weight is 241 g/mol. The summed E-state index contributed by atoms with van der Waals surface area (Å²) in [5.41, 5.74) is 0. The summed E-state index contributed by atoms with van der Waals surface area (Å²) >= 11 is 0. The minimum atomic E-state index is 0.399. The van der Waals surface area contributed by atoms with Crippen LogP contribution >= 0.6 is 0 Å². The van der Waals surface area contributed by atoms with E-state index in [4.69, 9.17) is 4.74 Å². The molecule has 0 radical (unpaired) electrons. The van der Waals surface area contributed by atoms with Crippen molar-refractivity contribution in [3.8, 4) is 0 Å². The number of hydrogen-bond donors (Lipinski definition) is 1. The number of rotatable bonds is 3. The van der Waals surface area contributed by atoms with E-state index in [1.54, 1.807) is 0 Å². The second-order valence-electron chi connectivity index (χ2n) is 5.70. The Morgan fingerprint density at radius 1 is 1.29 bits per heavy atom. The molecule has 2 saturated heterocycles. The third kappa shape index (κ3) is 3.91. The van der Waals surface area contributed by atoms with E-state index in [0.717, 1.165) is 45.9 Å². The molecule has 4 heteroatoms. The minimum Gasteiger partial charge on any atom is -0.374 e. The first kappa shape index (κ1) is 13.3. The molecule has 0 saturated carbocycles. The first-order chi connectivity index (χ1) is 8.15. The lowest BCUT2D eigenvalue weighted by atomic mass is 10.2. The molecule has 17 heavy (non-hydrogen) atoms. The summed E-state index contributed by atoms with van der Waals surface area (Å²) in [6.07, 6.45) is 0.399. The van der Waals surface area contributed by atoms with Crippen LogP contribution in [0.4, 0.5) is 0 Å². The summed E-state index contributed by atoms with van der Waals surface area (Å²) < 4.78 is 5.89. The van der Waals surface area contributed by atoms with Gasteiger partial charge in [0.05, 0.1) is 12.7 Å². The molecule has 1 N–H and O–H groups in total. The van der Waals surface area contributed by atoms with E-state index < -0.39 is 0 Å². The van der Waals surface area contributed by atoms with E-state index in [2.05, 4.69) is 35.9 Å². The number of nitrogens with one attached hydrogen (secondary N) is 1. The first-order valence-corrected chi connectivity index (χ1v) is 6.96. The van der Waals surface area contributed by atoms with Gasteiger partial charge in [-0.3, -0.25) is 9.80 Å². The number of ether oxygens (including phenoxy) is 1. The van der Waals surface area contributed by atoms with E-state index in [1.165, 1.54) is 0 Å². The summed E-state index contributed by atoms with van der Waals surface area (Å²) in [6.45, 7) is 14.4. The standard InChI is InChI=1S/C13H27N3O/c1-11(2)16-6-7-17-13(10-16)9-15-5-4-14-12(3)8-15/h11-14H,4-10H2,1-3H3/t12-,13?/m0/s1. The van der Waals surface area contributed by atoms with Crippen molar-refractivity contribution in [2.45, 2.75) is 39.0 Å². The molecule has 0 aromatic rings. The van der Waals surface area contributed by atoms with Crippen LogP contribution in [0.5, 0.6) is 0 Å². The number of morpholine rings is 1. The van der Waals surface area contributed by atoms with Crippen LogP contribution in [-0.4, -0.2) is 73.9 Å². The SMILES string of the molecule is CC(C)N1CCOC(CN2CCN[C@@H](C)C2)C1. The van der Waals surface area contributed by atoms with Crippen LogP contribution in [0, 0.1) is 0 Å². The van der Waals surface area contributed by atoms with Gasteiger partial charge in [0.2, 0.25) is 0 Å². The molecule has 2 heterocycles. The van der Waals surface area contributed by atoms with E-state index >= 15 is 0 Å². The second kappa shape index (κ2) is 6.14. The highest BCUT2D eigenvalue weighted by molar-refractivity contribution is 4.81. The fourth-order valence-corrected chi connectivity index (χ4v) is 2.79. The van der Waals surface area contributed by atoms with Gasteiger partial charge in [0, 0.05) is 51.4 Å². The zero-order chi connectivity index (χ0) is 12.3. The Hall–Kier alpha value is -0.160. The second-order valence-corrected chi connectivity index (χ2v) is 5.70. The monoisotopic (exact) mass is 241 g/mol. The molecule has 0 spiro atoms. The fraction of sp³-hybridized carbons (Fsp3) is 1.00. The van der Waals surface area contributed by atoms with Gasteiger partial charge in [0.15, 0.2) is 0 Å². The van der Waals surface area contributed by atoms with E-state index in [1.807, 2.05) is 0 Å². The van der Waals surface area contributed by atoms with Crippen molar-refractivity contribution in [2.75, 3.05) is 45.9 Å². The predicted molar refractivity (Wildman–Crippen MR) is 70.4 cm³/mol. The summed E-state index contributed by atoms with van der Waals surface area (Å²) in [5.74, 6) is 0. The van der Waals surface area contributed by atoms with Gasteiger partial charge in [-0.2, -0.15) is 0 Å². The van der Waals surface area contributed by atoms with Crippen molar-refractivity contribution in [3.05, 3.63) is 0 Å². The third-order valence-electron chi connectivity index (χ3n) is 3.82. The molecular weight excluding hydrogens is 214 g/mol. The Balaban J connectivity index is 1.78. The van der Waals surface area contributed by atoms with Gasteiger partial charge in [-0.15, -0.1) is 0 Å². The summed E-state index contributed by atoms with van der Waals surface area (Å²) in [4.78, 5) is 5.06. The van der Waals surface area contributed by atoms with E-state index in [0.29, 0.717) is 18.2 Å². The van der Waals surface area contributed by atoms with Gasteiger partial charge in [0.25, 0.3) is 0 Å². The highest BCUT2D eigenvalue weighted by atomic mass is 16.5. The lowest BCUT2D eigenvalue weighted by molar-refractivity contribution is -0.0543. The molecule has 0 aromatic heterocycles. The van der Waals surface area contributed by atoms with Gasteiger partial charge in [0.1, 0.15) is 0 Å². The molecule has 0 aromatic carbocycles. The maximum Gasteiger partial charge on any atom is 0.0829 e. The Kier molecular flexibility index (Phi) is 4.79. The van der Waals surface area contributed by atoms with Gasteiger partial charge in [-0.1, -0.05) is 0 Å². The molecule has 2 atom stereocenters. The van der Waals surface area contributed by atoms with Crippen molar-refractivity contribution in [2.24, 2.45) is 0 Å². The Morgan fingerprint density at radius 2 is 2.12 bits per heavy atom. The van der Waals surface area contributed by atoms with Crippen LogP contribution in [0.1, 0.15) is 20.8 Å². The molecule has 2 aliphatic rings. The molecule has 0 aliphatic carbocycles. The molecule has 4 nitrogen and oxygen atoms in total. The molecule has 2 fully saturated rings. The highest BCUT2D eigenvalue weighted by Gasteiger charge is 2.25. The summed E-state index contributed by atoms with van der Waals surface area (Å²) in [6, 6.07) is 1.26. The maximum absolute atomic E-state index is 5.89. The quantitative estimate of drug-likeness (QED) is 0.773. The lowest BCUT2D eigenvalue weighted by Crippen LogP contribution is -2.54. The highest BCUT2D eigenvalue weighted by Crippen LogP contribution is 2.11. The Bertz CT molecular complexity index is 235. The van der Waals surface area contributed by atoms with Crippen molar-refractivity contribution in [1.29, 1.82) is 0 Å². The van der Waals surface area contributed by atoms with Crippen molar-refractivity contribution < 1.29 is 4.74 Å². The first-order valence-electron chi connectivity index (χ1n) is 6.96. The van der Waals surface area contributed by atoms with Gasteiger partial charge in [-0.25, -0.2) is 0 Å². The molecule has 100 valence electrons. The normalized spacial score (nSPS) is 33.2. The Labute approximate surface area is 105 Å². The molecule has 2 aliphatic heterocycles. The van der Waals surface area contributed by atoms with Gasteiger partial charge >= 0.3 is 0 Å². The number of hydrogen-bond acceptors (Lipinski definition) is 4. The van der Waals surface area contributed by atoms with E-state index in [-0.39, 0.29) is 0 Å². The van der Waals surface area contributed by atoms with Crippen LogP contribution in [0.25, 0.3) is 0 Å². The zero-order valence-electron chi connectivity index (χ0n) is 11.5. The van der Waals surface area contributed by atoms with Crippen molar-refractivity contribution >= 4 is 0 Å². The third-order valence-corrected chi connectivity index (χ3v) is 3.82. The van der Waals surface area contributed by atoms with Crippen LogP contribution < -0.4 is 5.32 Å². The van der Waals surface area contributed by atoms with Gasteiger partial charge in [-0.05, 0) is 20.8 Å². The van der Waals surface area contributed by atoms with Gasteiger partial charge < -0.3 is 10.1 Å². The molecule has 0 bridgehead atoms. The average Bonchev–Trinajstić information content (AvgIpc) is 2.29. The number of piperazine rings is 1. The zero-order valence-corrected chi connectivity index (χ0v) is 11.5. The van der Waals surface area contributed by atoms with Crippen molar-refractivity contribution in [3.63, 3.8) is 0 Å². The topological polar surface area (TPSA) is 27.7 Å². The van der Waals surface area contributed by atoms with Crippen molar-refractivity contribution in [1.82, 2.24) is 15.1 Å². The largest absolute Gasteiger partial charge is 0.374 e. The van der Waals surface area contributed by atoms with Crippen LogP contribution in [0.15, 0.2) is 0 Å². The Morgan fingerprint density at radius 3 is 2.82 bits per heavy atom. The maximum atomic E-state index is 5.89. The predicted octanol–water partition coefficient (Wildman–Crippen LogP) is 0.389.